The topological polar surface area (TPSA) is 52.0 Å². The van der Waals surface area contributed by atoms with Gasteiger partial charge in [0.05, 0.1) is 25.0 Å². The van der Waals surface area contributed by atoms with Crippen LogP contribution in [-0.2, 0) is 13.5 Å². The smallest absolute Gasteiger partial charge is 0.161 e. The van der Waals surface area contributed by atoms with E-state index < -0.39 is 0 Å². The van der Waals surface area contributed by atoms with Crippen LogP contribution in [0.15, 0.2) is 30.6 Å². The molecule has 1 unspecified atom stereocenters. The maximum Gasteiger partial charge on any atom is 0.161 e. The van der Waals surface area contributed by atoms with Crippen molar-refractivity contribution in [2.24, 2.45) is 7.05 Å². The normalized spacial score (nSPS) is 12.3. The third kappa shape index (κ3) is 4.04. The van der Waals surface area contributed by atoms with Gasteiger partial charge in [0.25, 0.3) is 0 Å². The van der Waals surface area contributed by atoms with E-state index in [1.54, 1.807) is 13.3 Å². The first kappa shape index (κ1) is 15.5. The fraction of sp³-hybridized carbons (Fsp3) is 0.500. The van der Waals surface area contributed by atoms with Crippen LogP contribution in [0.1, 0.15) is 37.2 Å². The van der Waals surface area contributed by atoms with Gasteiger partial charge in [0.15, 0.2) is 5.75 Å². The molecule has 1 N–H and O–H groups in total. The fourth-order valence-corrected chi connectivity index (χ4v) is 2.47. The van der Waals surface area contributed by atoms with Crippen molar-refractivity contribution >= 4 is 0 Å². The van der Waals surface area contributed by atoms with E-state index in [4.69, 9.17) is 4.74 Å². The second-order valence-corrected chi connectivity index (χ2v) is 5.09. The van der Waals surface area contributed by atoms with Crippen molar-refractivity contribution < 1.29 is 4.74 Å². The molecule has 0 aliphatic rings. The maximum atomic E-state index is 5.44. The van der Waals surface area contributed by atoms with Gasteiger partial charge < -0.3 is 10.1 Å². The molecule has 0 saturated carbocycles. The minimum atomic E-state index is 0.217. The van der Waals surface area contributed by atoms with Gasteiger partial charge in [-0.05, 0) is 37.9 Å². The van der Waals surface area contributed by atoms with Crippen LogP contribution in [-0.4, -0.2) is 28.4 Å². The summed E-state index contributed by atoms with van der Waals surface area (Å²) in [5, 5.41) is 7.90. The average Bonchev–Trinajstić information content (AvgIpc) is 2.89. The molecule has 5 nitrogen and oxygen atoms in total. The van der Waals surface area contributed by atoms with Crippen molar-refractivity contribution in [3.8, 4) is 5.75 Å². The van der Waals surface area contributed by atoms with Crippen molar-refractivity contribution in [1.82, 2.24) is 20.1 Å². The lowest BCUT2D eigenvalue weighted by Gasteiger charge is -2.20. The summed E-state index contributed by atoms with van der Waals surface area (Å²) in [4.78, 5) is 4.40. The summed E-state index contributed by atoms with van der Waals surface area (Å²) >= 11 is 0. The minimum absolute atomic E-state index is 0.217. The highest BCUT2D eigenvalue weighted by Crippen LogP contribution is 2.27. The molecule has 0 aromatic carbocycles. The molecule has 114 valence electrons. The van der Waals surface area contributed by atoms with Gasteiger partial charge in [0.1, 0.15) is 0 Å². The SMILES string of the molecule is CCCNC(CCc1ccccn1)c1c(OC)cnn1C. The Labute approximate surface area is 126 Å². The van der Waals surface area contributed by atoms with E-state index in [-0.39, 0.29) is 6.04 Å². The quantitative estimate of drug-likeness (QED) is 0.811. The Hall–Kier alpha value is -1.88. The van der Waals surface area contributed by atoms with Crippen LogP contribution in [0.2, 0.25) is 0 Å². The summed E-state index contributed by atoms with van der Waals surface area (Å²) in [7, 11) is 3.65. The highest BCUT2D eigenvalue weighted by Gasteiger charge is 2.20. The van der Waals surface area contributed by atoms with Crippen molar-refractivity contribution in [3.05, 3.63) is 42.0 Å². The lowest BCUT2D eigenvalue weighted by molar-refractivity contribution is 0.387. The Morgan fingerprint density at radius 2 is 2.24 bits per heavy atom. The largest absolute Gasteiger partial charge is 0.493 e. The molecule has 0 spiro atoms. The molecule has 2 aromatic heterocycles. The minimum Gasteiger partial charge on any atom is -0.493 e. The summed E-state index contributed by atoms with van der Waals surface area (Å²) in [6.07, 6.45) is 6.61. The third-order valence-corrected chi connectivity index (χ3v) is 3.56. The van der Waals surface area contributed by atoms with Gasteiger partial charge in [-0.3, -0.25) is 9.67 Å². The van der Waals surface area contributed by atoms with Crippen LogP contribution in [0.4, 0.5) is 0 Å². The Morgan fingerprint density at radius 3 is 2.90 bits per heavy atom. The molecule has 0 amide bonds. The lowest BCUT2D eigenvalue weighted by Crippen LogP contribution is -2.25. The van der Waals surface area contributed by atoms with E-state index in [2.05, 4.69) is 28.4 Å². The first-order valence-corrected chi connectivity index (χ1v) is 7.45. The average molecular weight is 288 g/mol. The first-order valence-electron chi connectivity index (χ1n) is 7.45. The summed E-state index contributed by atoms with van der Waals surface area (Å²) in [6.45, 7) is 3.14. The lowest BCUT2D eigenvalue weighted by atomic mass is 10.0. The molecular formula is C16H24N4O. The van der Waals surface area contributed by atoms with E-state index in [1.807, 2.05) is 30.1 Å². The van der Waals surface area contributed by atoms with E-state index >= 15 is 0 Å². The second-order valence-electron chi connectivity index (χ2n) is 5.09. The Balaban J connectivity index is 2.12. The first-order chi connectivity index (χ1) is 10.3. The van der Waals surface area contributed by atoms with Gasteiger partial charge >= 0.3 is 0 Å². The molecule has 1 atom stereocenters. The fourth-order valence-electron chi connectivity index (χ4n) is 2.47. The number of hydrogen-bond acceptors (Lipinski definition) is 4. The number of pyridine rings is 1. The van der Waals surface area contributed by atoms with Crippen LogP contribution in [0.25, 0.3) is 0 Å². The number of ether oxygens (including phenoxy) is 1. The van der Waals surface area contributed by atoms with Crippen LogP contribution in [0, 0.1) is 0 Å². The Bertz CT molecular complexity index is 538. The van der Waals surface area contributed by atoms with E-state index in [0.29, 0.717) is 0 Å². The molecular weight excluding hydrogens is 264 g/mol. The van der Waals surface area contributed by atoms with Crippen molar-refractivity contribution in [2.75, 3.05) is 13.7 Å². The number of nitrogens with one attached hydrogen (secondary N) is 1. The van der Waals surface area contributed by atoms with E-state index in [0.717, 1.165) is 42.9 Å². The number of aryl methyl sites for hydroxylation is 2. The molecule has 2 rings (SSSR count). The summed E-state index contributed by atoms with van der Waals surface area (Å²) in [6, 6.07) is 6.26. The summed E-state index contributed by atoms with van der Waals surface area (Å²) in [5.41, 5.74) is 2.21. The van der Waals surface area contributed by atoms with Crippen molar-refractivity contribution in [2.45, 2.75) is 32.2 Å². The van der Waals surface area contributed by atoms with Crippen LogP contribution in [0.3, 0.4) is 0 Å². The molecule has 0 aliphatic carbocycles. The highest BCUT2D eigenvalue weighted by molar-refractivity contribution is 5.28. The standard InChI is InChI=1S/C16H24N4O/c1-4-10-18-14(9-8-13-7-5-6-11-17-13)16-15(21-3)12-19-20(16)2/h5-7,11-12,14,18H,4,8-10H2,1-3H3. The summed E-state index contributed by atoms with van der Waals surface area (Å²) < 4.78 is 7.33. The van der Waals surface area contributed by atoms with Crippen molar-refractivity contribution in [1.29, 1.82) is 0 Å². The zero-order chi connectivity index (χ0) is 15.1. The predicted molar refractivity (Wildman–Crippen MR) is 83.4 cm³/mol. The van der Waals surface area contributed by atoms with Gasteiger partial charge in [0, 0.05) is 18.9 Å². The summed E-state index contributed by atoms with van der Waals surface area (Å²) in [5.74, 6) is 0.840. The highest BCUT2D eigenvalue weighted by atomic mass is 16.5. The monoisotopic (exact) mass is 288 g/mol. The van der Waals surface area contributed by atoms with Gasteiger partial charge in [-0.1, -0.05) is 13.0 Å². The molecule has 2 heterocycles. The molecule has 0 radical (unpaired) electrons. The molecule has 0 bridgehead atoms. The predicted octanol–water partition coefficient (Wildman–Crippen LogP) is 2.50. The zero-order valence-electron chi connectivity index (χ0n) is 13.0. The molecule has 0 saturated heterocycles. The number of hydrogen-bond donors (Lipinski definition) is 1. The molecule has 21 heavy (non-hydrogen) atoms. The third-order valence-electron chi connectivity index (χ3n) is 3.56. The van der Waals surface area contributed by atoms with Crippen LogP contribution < -0.4 is 10.1 Å². The van der Waals surface area contributed by atoms with Crippen molar-refractivity contribution in [3.63, 3.8) is 0 Å². The molecule has 5 heteroatoms. The molecule has 0 fully saturated rings. The second kappa shape index (κ2) is 7.78. The Morgan fingerprint density at radius 1 is 1.38 bits per heavy atom. The number of aromatic nitrogens is 3. The molecule has 0 aliphatic heterocycles. The van der Waals surface area contributed by atoms with Crippen LogP contribution in [0.5, 0.6) is 5.75 Å². The molecule has 2 aromatic rings. The van der Waals surface area contributed by atoms with E-state index in [1.165, 1.54) is 0 Å². The van der Waals surface area contributed by atoms with Gasteiger partial charge in [-0.25, -0.2) is 0 Å². The van der Waals surface area contributed by atoms with Gasteiger partial charge in [-0.2, -0.15) is 5.10 Å². The maximum absolute atomic E-state index is 5.44. The van der Waals surface area contributed by atoms with Crippen LogP contribution >= 0.6 is 0 Å². The number of nitrogens with zero attached hydrogens (tertiary/aromatic N) is 3. The number of methoxy groups -OCH3 is 1. The zero-order valence-corrected chi connectivity index (χ0v) is 13.0. The van der Waals surface area contributed by atoms with E-state index in [9.17, 15) is 0 Å². The van der Waals surface area contributed by atoms with Gasteiger partial charge in [0.2, 0.25) is 0 Å². The number of rotatable bonds is 8. The Kier molecular flexibility index (Phi) is 5.75. The van der Waals surface area contributed by atoms with Gasteiger partial charge in [-0.15, -0.1) is 0 Å².